The summed E-state index contributed by atoms with van der Waals surface area (Å²) >= 11 is 0. The quantitative estimate of drug-likeness (QED) is 0.501. The first-order valence-electron chi connectivity index (χ1n) is 10.8. The van der Waals surface area contributed by atoms with E-state index in [0.717, 1.165) is 16.6 Å². The molecule has 1 saturated heterocycles. The average molecular weight is 447 g/mol. The van der Waals surface area contributed by atoms with Gasteiger partial charge in [0.15, 0.2) is 5.75 Å². The molecule has 0 aromatic carbocycles. The van der Waals surface area contributed by atoms with E-state index >= 15 is 0 Å². The van der Waals surface area contributed by atoms with Crippen LogP contribution in [-0.4, -0.2) is 61.6 Å². The van der Waals surface area contributed by atoms with Crippen molar-refractivity contribution in [3.8, 4) is 11.5 Å². The lowest BCUT2D eigenvalue weighted by atomic mass is 9.99. The summed E-state index contributed by atoms with van der Waals surface area (Å²) in [4.78, 5) is 26.9. The van der Waals surface area contributed by atoms with E-state index in [1.807, 2.05) is 49.7 Å². The van der Waals surface area contributed by atoms with Gasteiger partial charge in [-0.1, -0.05) is 0 Å². The molecule has 2 atom stereocenters. The molecule has 33 heavy (non-hydrogen) atoms. The summed E-state index contributed by atoms with van der Waals surface area (Å²) in [5, 5.41) is 16.8. The van der Waals surface area contributed by atoms with Crippen LogP contribution in [0.2, 0.25) is 0 Å². The standard InChI is InChI=1S/C24H25N5O4/c1-13-9-27-10-16(5-6-18(27)21(13)23(31)25-4)33-20-7-8-26-29-11-17(14(2)22(20)29)24(32)28-12-19(30)15(28)3/h5-11,15,19,30H,12H2,1-4H3,(H,25,31)/t15-,19+/m1/s1. The van der Waals surface area contributed by atoms with Gasteiger partial charge >= 0.3 is 0 Å². The molecule has 1 aliphatic rings. The summed E-state index contributed by atoms with van der Waals surface area (Å²) in [7, 11) is 1.61. The molecule has 4 aromatic rings. The van der Waals surface area contributed by atoms with Gasteiger partial charge in [-0.15, -0.1) is 0 Å². The number of nitrogens with one attached hydrogen (secondary N) is 1. The first kappa shape index (κ1) is 21.0. The fourth-order valence-electron chi connectivity index (χ4n) is 4.43. The van der Waals surface area contributed by atoms with Gasteiger partial charge in [0, 0.05) is 32.1 Å². The van der Waals surface area contributed by atoms with Gasteiger partial charge in [0.05, 0.1) is 41.2 Å². The lowest BCUT2D eigenvalue weighted by Crippen LogP contribution is -2.60. The molecule has 4 aromatic heterocycles. The number of β-amino-alcohol motifs (C(OH)–C–C–N with tert-alkyl or cyclic N) is 1. The number of ether oxygens (including phenoxy) is 1. The number of carbonyl (C=O) groups is 2. The lowest BCUT2D eigenvalue weighted by molar-refractivity contribution is -0.0357. The molecule has 1 aliphatic heterocycles. The van der Waals surface area contributed by atoms with Gasteiger partial charge < -0.3 is 24.5 Å². The summed E-state index contributed by atoms with van der Waals surface area (Å²) in [6.07, 6.45) is 6.54. The highest BCUT2D eigenvalue weighted by molar-refractivity contribution is 6.02. The number of amides is 2. The predicted molar refractivity (Wildman–Crippen MR) is 122 cm³/mol. The molecule has 2 amide bonds. The third-order valence-electron chi connectivity index (χ3n) is 6.43. The van der Waals surface area contributed by atoms with Gasteiger partial charge in [0.1, 0.15) is 11.3 Å². The van der Waals surface area contributed by atoms with Crippen LogP contribution in [-0.2, 0) is 0 Å². The van der Waals surface area contributed by atoms with Crippen LogP contribution in [0.15, 0.2) is 43.0 Å². The topological polar surface area (TPSA) is 101 Å². The molecule has 5 heterocycles. The van der Waals surface area contributed by atoms with Crippen LogP contribution in [0.25, 0.3) is 11.0 Å². The van der Waals surface area contributed by atoms with Crippen molar-refractivity contribution in [1.29, 1.82) is 0 Å². The Morgan fingerprint density at radius 3 is 2.67 bits per heavy atom. The number of aromatic nitrogens is 3. The SMILES string of the molecule is CNC(=O)c1c(C)cn2cc(Oc3ccnn4cc(C(=O)N5C[C@H](O)[C@H]5C)c(C)c34)ccc12. The van der Waals surface area contributed by atoms with Crippen molar-refractivity contribution in [3.05, 3.63) is 65.2 Å². The number of likely N-dealkylation sites (tertiary alicyclic amines) is 1. The third-order valence-corrected chi connectivity index (χ3v) is 6.43. The minimum atomic E-state index is -0.487. The molecule has 5 rings (SSSR count). The number of nitrogens with zero attached hydrogens (tertiary/aromatic N) is 4. The Bertz CT molecular complexity index is 1420. The van der Waals surface area contributed by atoms with E-state index < -0.39 is 6.10 Å². The summed E-state index contributed by atoms with van der Waals surface area (Å²) in [5.74, 6) is 0.882. The highest BCUT2D eigenvalue weighted by Gasteiger charge is 2.38. The van der Waals surface area contributed by atoms with Gasteiger partial charge in [-0.2, -0.15) is 5.10 Å². The smallest absolute Gasteiger partial charge is 0.256 e. The average Bonchev–Trinajstić information content (AvgIpc) is 3.32. The Hall–Kier alpha value is -3.85. The third kappa shape index (κ3) is 3.23. The van der Waals surface area contributed by atoms with Gasteiger partial charge in [0.2, 0.25) is 0 Å². The number of carbonyl (C=O) groups excluding carboxylic acids is 2. The molecule has 2 N–H and O–H groups in total. The number of pyridine rings is 1. The van der Waals surface area contributed by atoms with Crippen LogP contribution in [0.3, 0.4) is 0 Å². The summed E-state index contributed by atoms with van der Waals surface area (Å²) in [6, 6.07) is 5.21. The van der Waals surface area contributed by atoms with E-state index in [2.05, 4.69) is 10.4 Å². The van der Waals surface area contributed by atoms with Crippen molar-refractivity contribution in [3.63, 3.8) is 0 Å². The zero-order valence-corrected chi connectivity index (χ0v) is 18.9. The minimum Gasteiger partial charge on any atom is -0.453 e. The van der Waals surface area contributed by atoms with Gasteiger partial charge in [-0.3, -0.25) is 9.59 Å². The van der Waals surface area contributed by atoms with Gasteiger partial charge in [-0.05, 0) is 44.0 Å². The summed E-state index contributed by atoms with van der Waals surface area (Å²) < 4.78 is 9.71. The van der Waals surface area contributed by atoms with Crippen LogP contribution < -0.4 is 10.1 Å². The minimum absolute atomic E-state index is 0.132. The van der Waals surface area contributed by atoms with E-state index in [1.165, 1.54) is 0 Å². The van der Waals surface area contributed by atoms with Crippen LogP contribution >= 0.6 is 0 Å². The normalized spacial score (nSPS) is 17.9. The fraction of sp³-hybridized carbons (Fsp3) is 0.292. The highest BCUT2D eigenvalue weighted by Crippen LogP contribution is 2.32. The Balaban J connectivity index is 1.51. The van der Waals surface area contributed by atoms with Crippen LogP contribution in [0.1, 0.15) is 38.8 Å². The second-order valence-corrected chi connectivity index (χ2v) is 8.45. The van der Waals surface area contributed by atoms with Crippen LogP contribution in [0, 0.1) is 13.8 Å². The van der Waals surface area contributed by atoms with E-state index in [4.69, 9.17) is 4.74 Å². The predicted octanol–water partition coefficient (Wildman–Crippen LogP) is 2.56. The Labute approximate surface area is 190 Å². The van der Waals surface area contributed by atoms with E-state index in [0.29, 0.717) is 34.7 Å². The van der Waals surface area contributed by atoms with Crippen molar-refractivity contribution in [1.82, 2.24) is 24.2 Å². The molecule has 9 heteroatoms. The number of hydrogen-bond acceptors (Lipinski definition) is 5. The van der Waals surface area contributed by atoms with Crippen LogP contribution in [0.4, 0.5) is 0 Å². The molecular formula is C24H25N5O4. The zero-order valence-electron chi connectivity index (χ0n) is 18.9. The Morgan fingerprint density at radius 1 is 1.18 bits per heavy atom. The largest absolute Gasteiger partial charge is 0.453 e. The van der Waals surface area contributed by atoms with Crippen molar-refractivity contribution in [2.24, 2.45) is 0 Å². The second kappa shape index (κ2) is 7.63. The van der Waals surface area contributed by atoms with Gasteiger partial charge in [0.25, 0.3) is 11.8 Å². The first-order valence-corrected chi connectivity index (χ1v) is 10.8. The van der Waals surface area contributed by atoms with Crippen molar-refractivity contribution in [2.45, 2.75) is 32.9 Å². The molecule has 0 aliphatic carbocycles. The van der Waals surface area contributed by atoms with Crippen molar-refractivity contribution in [2.75, 3.05) is 13.6 Å². The van der Waals surface area contributed by atoms with E-state index in [-0.39, 0.29) is 17.9 Å². The molecule has 0 unspecified atom stereocenters. The molecule has 9 nitrogen and oxygen atoms in total. The van der Waals surface area contributed by atoms with Crippen LogP contribution in [0.5, 0.6) is 11.5 Å². The summed E-state index contributed by atoms with van der Waals surface area (Å²) in [6.45, 7) is 5.92. The number of rotatable bonds is 4. The van der Waals surface area contributed by atoms with Gasteiger partial charge in [-0.25, -0.2) is 4.52 Å². The molecule has 0 saturated carbocycles. The van der Waals surface area contributed by atoms with E-state index in [9.17, 15) is 14.7 Å². The number of hydrogen-bond donors (Lipinski definition) is 2. The monoisotopic (exact) mass is 447 g/mol. The fourth-order valence-corrected chi connectivity index (χ4v) is 4.43. The molecule has 0 spiro atoms. The zero-order chi connectivity index (χ0) is 23.4. The molecular weight excluding hydrogens is 422 g/mol. The molecule has 170 valence electrons. The Morgan fingerprint density at radius 2 is 1.97 bits per heavy atom. The molecule has 1 fully saturated rings. The first-order chi connectivity index (χ1) is 15.8. The Kier molecular flexibility index (Phi) is 4.86. The molecule has 0 radical (unpaired) electrons. The van der Waals surface area contributed by atoms with Crippen molar-refractivity contribution < 1.29 is 19.4 Å². The van der Waals surface area contributed by atoms with E-state index in [1.54, 1.807) is 34.9 Å². The summed E-state index contributed by atoms with van der Waals surface area (Å²) in [5.41, 5.74) is 4.28. The number of aliphatic hydroxyl groups is 1. The highest BCUT2D eigenvalue weighted by atomic mass is 16.5. The van der Waals surface area contributed by atoms with Crippen molar-refractivity contribution >= 4 is 22.8 Å². The lowest BCUT2D eigenvalue weighted by Gasteiger charge is -2.43. The number of aryl methyl sites for hydroxylation is 2. The molecule has 0 bridgehead atoms. The maximum atomic E-state index is 13.0. The maximum Gasteiger partial charge on any atom is 0.256 e. The number of aliphatic hydroxyl groups excluding tert-OH is 1. The maximum absolute atomic E-state index is 13.0. The second-order valence-electron chi connectivity index (χ2n) is 8.45. The number of fused-ring (bicyclic) bond motifs is 2.